The lowest BCUT2D eigenvalue weighted by Crippen LogP contribution is -2.27. The summed E-state index contributed by atoms with van der Waals surface area (Å²) in [6.07, 6.45) is 3.43. The molecule has 3 aromatic rings. The molecule has 8 heteroatoms. The summed E-state index contributed by atoms with van der Waals surface area (Å²) in [4.78, 5) is 28.6. The predicted octanol–water partition coefficient (Wildman–Crippen LogP) is 2.76. The lowest BCUT2D eigenvalue weighted by atomic mass is 10.1. The van der Waals surface area contributed by atoms with E-state index in [4.69, 9.17) is 4.74 Å². The number of methoxy groups -OCH3 is 1. The van der Waals surface area contributed by atoms with Gasteiger partial charge in [0.1, 0.15) is 5.75 Å². The van der Waals surface area contributed by atoms with Crippen LogP contribution >= 0.6 is 0 Å². The van der Waals surface area contributed by atoms with Gasteiger partial charge >= 0.3 is 0 Å². The number of anilines is 1. The standard InChI is InChI=1S/C21H21N5O3/c1-29-19-10-9-15(21(28)25-11-5-6-12-25)13-17(19)23-20(27)18-14-22-26(24-18)16-7-3-2-4-8-16/h2-4,7-10,13-14H,5-6,11-12H2,1H3,(H,23,27). The Kier molecular flexibility index (Phi) is 5.24. The number of nitrogens with one attached hydrogen (secondary N) is 1. The van der Waals surface area contributed by atoms with E-state index in [0.717, 1.165) is 31.6 Å². The van der Waals surface area contributed by atoms with Crippen LogP contribution in [0.15, 0.2) is 54.7 Å². The largest absolute Gasteiger partial charge is 0.495 e. The van der Waals surface area contributed by atoms with Gasteiger partial charge < -0.3 is 15.0 Å². The van der Waals surface area contributed by atoms with Gasteiger partial charge in [-0.05, 0) is 43.2 Å². The number of amides is 2. The molecule has 2 heterocycles. The van der Waals surface area contributed by atoms with Crippen molar-refractivity contribution in [3.63, 3.8) is 0 Å². The van der Waals surface area contributed by atoms with Crippen LogP contribution in [0.2, 0.25) is 0 Å². The van der Waals surface area contributed by atoms with Gasteiger partial charge in [-0.15, -0.1) is 5.10 Å². The van der Waals surface area contributed by atoms with Gasteiger partial charge in [0.25, 0.3) is 11.8 Å². The summed E-state index contributed by atoms with van der Waals surface area (Å²) in [5, 5.41) is 11.2. The van der Waals surface area contributed by atoms with E-state index in [2.05, 4.69) is 15.5 Å². The lowest BCUT2D eigenvalue weighted by Gasteiger charge is -2.17. The van der Waals surface area contributed by atoms with Crippen LogP contribution in [0.4, 0.5) is 5.69 Å². The Bertz CT molecular complexity index is 1030. The average Bonchev–Trinajstić information content (AvgIpc) is 3.46. The van der Waals surface area contributed by atoms with Crippen molar-refractivity contribution >= 4 is 17.5 Å². The third-order valence-electron chi connectivity index (χ3n) is 4.80. The number of likely N-dealkylation sites (tertiary alicyclic amines) is 1. The first-order valence-corrected chi connectivity index (χ1v) is 9.42. The minimum Gasteiger partial charge on any atom is -0.495 e. The van der Waals surface area contributed by atoms with E-state index < -0.39 is 5.91 Å². The normalized spacial score (nSPS) is 13.3. The molecule has 29 heavy (non-hydrogen) atoms. The Morgan fingerprint density at radius 2 is 1.83 bits per heavy atom. The Hall–Kier alpha value is -3.68. The molecule has 2 aromatic carbocycles. The highest BCUT2D eigenvalue weighted by Crippen LogP contribution is 2.27. The van der Waals surface area contributed by atoms with Gasteiger partial charge in [-0.25, -0.2) is 0 Å². The first-order chi connectivity index (χ1) is 14.2. The second-order valence-electron chi connectivity index (χ2n) is 6.72. The topological polar surface area (TPSA) is 89.4 Å². The predicted molar refractivity (Wildman–Crippen MR) is 107 cm³/mol. The molecule has 0 bridgehead atoms. The van der Waals surface area contributed by atoms with E-state index >= 15 is 0 Å². The van der Waals surface area contributed by atoms with E-state index in [1.165, 1.54) is 18.1 Å². The highest BCUT2D eigenvalue weighted by molar-refractivity contribution is 6.04. The summed E-state index contributed by atoms with van der Waals surface area (Å²) >= 11 is 0. The van der Waals surface area contributed by atoms with Crippen LogP contribution in [-0.4, -0.2) is 51.9 Å². The van der Waals surface area contributed by atoms with Crippen molar-refractivity contribution in [3.05, 3.63) is 66.0 Å². The van der Waals surface area contributed by atoms with Crippen LogP contribution in [0.5, 0.6) is 5.75 Å². The van der Waals surface area contributed by atoms with E-state index in [1.54, 1.807) is 18.2 Å². The molecule has 0 radical (unpaired) electrons. The Balaban J connectivity index is 1.55. The Morgan fingerprint density at radius 3 is 2.55 bits per heavy atom. The van der Waals surface area contributed by atoms with Gasteiger partial charge in [0, 0.05) is 18.7 Å². The lowest BCUT2D eigenvalue weighted by molar-refractivity contribution is 0.0792. The van der Waals surface area contributed by atoms with Crippen LogP contribution in [0, 0.1) is 0 Å². The molecule has 0 spiro atoms. The fourth-order valence-electron chi connectivity index (χ4n) is 3.28. The molecule has 148 valence electrons. The summed E-state index contributed by atoms with van der Waals surface area (Å²) in [6.45, 7) is 1.52. The molecular weight excluding hydrogens is 370 g/mol. The molecule has 0 aliphatic carbocycles. The first-order valence-electron chi connectivity index (χ1n) is 9.42. The SMILES string of the molecule is COc1ccc(C(=O)N2CCCC2)cc1NC(=O)c1cnn(-c2ccccc2)n1. The van der Waals surface area contributed by atoms with Crippen LogP contribution in [0.25, 0.3) is 5.69 Å². The van der Waals surface area contributed by atoms with Crippen molar-refractivity contribution in [1.82, 2.24) is 19.9 Å². The van der Waals surface area contributed by atoms with Crippen LogP contribution in [0.1, 0.15) is 33.7 Å². The second kappa shape index (κ2) is 8.14. The smallest absolute Gasteiger partial charge is 0.277 e. The number of hydrogen-bond donors (Lipinski definition) is 1. The van der Waals surface area contributed by atoms with Crippen LogP contribution in [-0.2, 0) is 0 Å². The molecule has 2 amide bonds. The first kappa shape index (κ1) is 18.7. The van der Waals surface area contributed by atoms with Crippen molar-refractivity contribution in [2.24, 2.45) is 0 Å². The summed E-state index contributed by atoms with van der Waals surface area (Å²) in [5.74, 6) is -0.0151. The molecule has 4 rings (SSSR count). The summed E-state index contributed by atoms with van der Waals surface area (Å²) in [7, 11) is 1.51. The molecule has 0 unspecified atom stereocenters. The highest BCUT2D eigenvalue weighted by Gasteiger charge is 2.21. The zero-order valence-electron chi connectivity index (χ0n) is 16.0. The molecule has 1 aromatic heterocycles. The fourth-order valence-corrected chi connectivity index (χ4v) is 3.28. The van der Waals surface area contributed by atoms with Gasteiger partial charge in [0.2, 0.25) is 0 Å². The molecule has 1 N–H and O–H groups in total. The van der Waals surface area contributed by atoms with Gasteiger partial charge in [-0.3, -0.25) is 9.59 Å². The average molecular weight is 391 g/mol. The molecule has 1 saturated heterocycles. The zero-order chi connectivity index (χ0) is 20.2. The molecule has 0 atom stereocenters. The quantitative estimate of drug-likeness (QED) is 0.722. The number of hydrogen-bond acceptors (Lipinski definition) is 5. The maximum Gasteiger partial charge on any atom is 0.277 e. The zero-order valence-corrected chi connectivity index (χ0v) is 16.0. The summed E-state index contributed by atoms with van der Waals surface area (Å²) < 4.78 is 5.34. The third-order valence-corrected chi connectivity index (χ3v) is 4.80. The number of aromatic nitrogens is 3. The second-order valence-corrected chi connectivity index (χ2v) is 6.72. The number of rotatable bonds is 5. The maximum absolute atomic E-state index is 12.7. The Labute approximate surface area is 168 Å². The molecule has 8 nitrogen and oxygen atoms in total. The fraction of sp³-hybridized carbons (Fsp3) is 0.238. The molecule has 0 saturated carbocycles. The number of carbonyl (C=O) groups is 2. The van der Waals surface area contributed by atoms with Gasteiger partial charge in [0.05, 0.1) is 24.7 Å². The number of para-hydroxylation sites is 1. The van der Waals surface area contributed by atoms with Crippen molar-refractivity contribution in [3.8, 4) is 11.4 Å². The van der Waals surface area contributed by atoms with Crippen molar-refractivity contribution in [2.75, 3.05) is 25.5 Å². The number of benzene rings is 2. The van der Waals surface area contributed by atoms with Crippen LogP contribution in [0.3, 0.4) is 0 Å². The Morgan fingerprint density at radius 1 is 1.07 bits per heavy atom. The third kappa shape index (κ3) is 3.96. The van der Waals surface area contributed by atoms with Crippen molar-refractivity contribution < 1.29 is 14.3 Å². The van der Waals surface area contributed by atoms with Crippen LogP contribution < -0.4 is 10.1 Å². The van der Waals surface area contributed by atoms with E-state index in [1.807, 2.05) is 35.2 Å². The number of nitrogens with zero attached hydrogens (tertiary/aromatic N) is 4. The minimum atomic E-state index is -0.434. The molecule has 1 fully saturated rings. The van der Waals surface area contributed by atoms with Crippen molar-refractivity contribution in [1.29, 1.82) is 0 Å². The summed E-state index contributed by atoms with van der Waals surface area (Å²) in [5.41, 5.74) is 1.84. The van der Waals surface area contributed by atoms with E-state index in [0.29, 0.717) is 17.0 Å². The minimum absolute atomic E-state index is 0.0457. The van der Waals surface area contributed by atoms with Gasteiger partial charge in [0.15, 0.2) is 5.69 Å². The molecule has 1 aliphatic heterocycles. The highest BCUT2D eigenvalue weighted by atomic mass is 16.5. The van der Waals surface area contributed by atoms with Crippen molar-refractivity contribution in [2.45, 2.75) is 12.8 Å². The monoisotopic (exact) mass is 391 g/mol. The van der Waals surface area contributed by atoms with E-state index in [9.17, 15) is 9.59 Å². The number of ether oxygens (including phenoxy) is 1. The molecule has 1 aliphatic rings. The van der Waals surface area contributed by atoms with Gasteiger partial charge in [-0.2, -0.15) is 9.90 Å². The molecular formula is C21H21N5O3. The van der Waals surface area contributed by atoms with Gasteiger partial charge in [-0.1, -0.05) is 18.2 Å². The maximum atomic E-state index is 12.7. The summed E-state index contributed by atoms with van der Waals surface area (Å²) in [6, 6.07) is 14.3. The van der Waals surface area contributed by atoms with E-state index in [-0.39, 0.29) is 11.6 Å². The number of carbonyl (C=O) groups excluding carboxylic acids is 2.